The van der Waals surface area contributed by atoms with Gasteiger partial charge < -0.3 is 10.6 Å². The van der Waals surface area contributed by atoms with Crippen LogP contribution in [0.3, 0.4) is 0 Å². The topological polar surface area (TPSA) is 88.4 Å². The highest BCUT2D eigenvalue weighted by Crippen LogP contribution is 2.21. The molecule has 2 aromatic carbocycles. The Balaban J connectivity index is 1.51. The smallest absolute Gasteiger partial charge is 0.261 e. The van der Waals surface area contributed by atoms with E-state index >= 15 is 0 Å². The third-order valence-corrected chi connectivity index (χ3v) is 4.74. The Bertz CT molecular complexity index is 1210. The number of anilines is 1. The molecule has 0 aliphatic rings. The lowest BCUT2D eigenvalue weighted by Gasteiger charge is -2.09. The molecular formula is C24H23N5O2. The molecule has 2 aromatic heterocycles. The van der Waals surface area contributed by atoms with Crippen molar-refractivity contribution in [3.05, 3.63) is 84.2 Å². The van der Waals surface area contributed by atoms with E-state index in [9.17, 15) is 9.59 Å². The molecule has 4 aromatic rings. The zero-order valence-electron chi connectivity index (χ0n) is 17.4. The Labute approximate surface area is 180 Å². The van der Waals surface area contributed by atoms with Crippen molar-refractivity contribution in [1.82, 2.24) is 19.9 Å². The van der Waals surface area contributed by atoms with Crippen LogP contribution in [0.5, 0.6) is 0 Å². The molecule has 156 valence electrons. The summed E-state index contributed by atoms with van der Waals surface area (Å²) < 4.78 is 1.67. The monoisotopic (exact) mass is 413 g/mol. The molecule has 0 atom stereocenters. The predicted octanol–water partition coefficient (Wildman–Crippen LogP) is 3.72. The van der Waals surface area contributed by atoms with E-state index in [4.69, 9.17) is 0 Å². The number of amides is 2. The van der Waals surface area contributed by atoms with Gasteiger partial charge in [0.15, 0.2) is 5.65 Å². The predicted molar refractivity (Wildman–Crippen MR) is 120 cm³/mol. The maximum absolute atomic E-state index is 12.9. The first kappa shape index (κ1) is 20.3. The third kappa shape index (κ3) is 4.61. The fourth-order valence-electron chi connectivity index (χ4n) is 3.34. The summed E-state index contributed by atoms with van der Waals surface area (Å²) >= 11 is 0. The van der Waals surface area contributed by atoms with E-state index in [2.05, 4.69) is 20.7 Å². The Morgan fingerprint density at radius 1 is 1.00 bits per heavy atom. The quantitative estimate of drug-likeness (QED) is 0.504. The van der Waals surface area contributed by atoms with Crippen molar-refractivity contribution < 1.29 is 9.59 Å². The van der Waals surface area contributed by atoms with Gasteiger partial charge in [-0.15, -0.1) is 0 Å². The van der Waals surface area contributed by atoms with E-state index in [0.29, 0.717) is 23.3 Å². The highest BCUT2D eigenvalue weighted by atomic mass is 16.2. The van der Waals surface area contributed by atoms with Crippen molar-refractivity contribution in [2.75, 3.05) is 5.32 Å². The van der Waals surface area contributed by atoms with E-state index in [1.807, 2.05) is 62.4 Å². The SMILES string of the molecule is CC(C)NC(=O)Cc1ccc(NC(=O)c2cnn3c(-c4ccccc4)ccnc23)cc1. The van der Waals surface area contributed by atoms with E-state index in [0.717, 1.165) is 16.8 Å². The summed E-state index contributed by atoms with van der Waals surface area (Å²) in [7, 11) is 0. The number of rotatable bonds is 6. The molecular weight excluding hydrogens is 390 g/mol. The molecule has 4 rings (SSSR count). The molecule has 2 heterocycles. The Morgan fingerprint density at radius 3 is 2.45 bits per heavy atom. The molecule has 31 heavy (non-hydrogen) atoms. The lowest BCUT2D eigenvalue weighted by atomic mass is 10.1. The van der Waals surface area contributed by atoms with Gasteiger partial charge in [-0.3, -0.25) is 9.59 Å². The van der Waals surface area contributed by atoms with Gasteiger partial charge in [0.25, 0.3) is 5.91 Å². The number of benzene rings is 2. The Hall–Kier alpha value is -4.00. The second-order valence-corrected chi connectivity index (χ2v) is 7.54. The summed E-state index contributed by atoms with van der Waals surface area (Å²) in [5.41, 5.74) is 4.23. The van der Waals surface area contributed by atoms with Gasteiger partial charge in [0.1, 0.15) is 5.56 Å². The van der Waals surface area contributed by atoms with Crippen LogP contribution in [0.2, 0.25) is 0 Å². The molecule has 0 fully saturated rings. The summed E-state index contributed by atoms with van der Waals surface area (Å²) in [4.78, 5) is 29.1. The van der Waals surface area contributed by atoms with Crippen molar-refractivity contribution >= 4 is 23.1 Å². The van der Waals surface area contributed by atoms with E-state index < -0.39 is 0 Å². The van der Waals surface area contributed by atoms with Crippen molar-refractivity contribution in [2.45, 2.75) is 26.3 Å². The minimum Gasteiger partial charge on any atom is -0.354 e. The van der Waals surface area contributed by atoms with E-state index in [1.54, 1.807) is 22.8 Å². The number of carbonyl (C=O) groups is 2. The van der Waals surface area contributed by atoms with Gasteiger partial charge in [-0.1, -0.05) is 42.5 Å². The normalized spacial score (nSPS) is 10.9. The number of carbonyl (C=O) groups excluding carboxylic acids is 2. The Morgan fingerprint density at radius 2 is 1.74 bits per heavy atom. The number of hydrogen-bond acceptors (Lipinski definition) is 4. The molecule has 0 aliphatic heterocycles. The molecule has 0 unspecified atom stereocenters. The maximum atomic E-state index is 12.9. The van der Waals surface area contributed by atoms with Gasteiger partial charge in [0.05, 0.1) is 18.3 Å². The molecule has 0 saturated carbocycles. The van der Waals surface area contributed by atoms with E-state index in [1.165, 1.54) is 6.20 Å². The van der Waals surface area contributed by atoms with Crippen LogP contribution in [0.15, 0.2) is 73.1 Å². The number of aromatic nitrogens is 3. The molecule has 7 nitrogen and oxygen atoms in total. The van der Waals surface area contributed by atoms with Crippen molar-refractivity contribution in [1.29, 1.82) is 0 Å². The van der Waals surface area contributed by atoms with Crippen LogP contribution < -0.4 is 10.6 Å². The molecule has 0 bridgehead atoms. The van der Waals surface area contributed by atoms with Gasteiger partial charge in [0, 0.05) is 23.5 Å². The van der Waals surface area contributed by atoms with Crippen LogP contribution in [0.1, 0.15) is 29.8 Å². The average molecular weight is 413 g/mol. The van der Waals surface area contributed by atoms with Gasteiger partial charge in [0.2, 0.25) is 5.91 Å². The third-order valence-electron chi connectivity index (χ3n) is 4.74. The van der Waals surface area contributed by atoms with Crippen LogP contribution in [0.25, 0.3) is 16.9 Å². The number of hydrogen-bond donors (Lipinski definition) is 2. The average Bonchev–Trinajstić information content (AvgIpc) is 3.19. The van der Waals surface area contributed by atoms with Crippen LogP contribution in [0.4, 0.5) is 5.69 Å². The fraction of sp³-hybridized carbons (Fsp3) is 0.167. The molecule has 2 N–H and O–H groups in total. The van der Waals surface area contributed by atoms with Crippen molar-refractivity contribution in [3.8, 4) is 11.3 Å². The highest BCUT2D eigenvalue weighted by molar-refractivity contribution is 6.08. The molecule has 0 aliphatic carbocycles. The largest absolute Gasteiger partial charge is 0.354 e. The van der Waals surface area contributed by atoms with Crippen LogP contribution in [0, 0.1) is 0 Å². The first-order chi connectivity index (χ1) is 15.0. The number of nitrogens with one attached hydrogen (secondary N) is 2. The molecule has 7 heteroatoms. The first-order valence-corrected chi connectivity index (χ1v) is 10.1. The highest BCUT2D eigenvalue weighted by Gasteiger charge is 2.16. The lowest BCUT2D eigenvalue weighted by Crippen LogP contribution is -2.31. The van der Waals surface area contributed by atoms with Gasteiger partial charge in [-0.2, -0.15) is 5.10 Å². The molecule has 0 saturated heterocycles. The van der Waals surface area contributed by atoms with Gasteiger partial charge in [-0.25, -0.2) is 9.50 Å². The Kier molecular flexibility index (Phi) is 5.75. The molecule has 0 spiro atoms. The standard InChI is InChI=1S/C24H23N5O2/c1-16(2)27-22(30)14-17-8-10-19(11-9-17)28-24(31)20-15-26-29-21(12-13-25-23(20)29)18-6-4-3-5-7-18/h3-13,15-16H,14H2,1-2H3,(H,27,30)(H,28,31). The minimum atomic E-state index is -0.294. The van der Waals surface area contributed by atoms with Gasteiger partial charge >= 0.3 is 0 Å². The lowest BCUT2D eigenvalue weighted by molar-refractivity contribution is -0.120. The fourth-order valence-corrected chi connectivity index (χ4v) is 3.34. The summed E-state index contributed by atoms with van der Waals surface area (Å²) in [6, 6.07) is 19.0. The maximum Gasteiger partial charge on any atom is 0.261 e. The summed E-state index contributed by atoms with van der Waals surface area (Å²) in [6.07, 6.45) is 3.49. The van der Waals surface area contributed by atoms with Crippen molar-refractivity contribution in [2.24, 2.45) is 0 Å². The minimum absolute atomic E-state index is 0.0292. The number of nitrogens with zero attached hydrogens (tertiary/aromatic N) is 3. The van der Waals surface area contributed by atoms with E-state index in [-0.39, 0.29) is 17.9 Å². The van der Waals surface area contributed by atoms with Crippen LogP contribution in [-0.2, 0) is 11.2 Å². The first-order valence-electron chi connectivity index (χ1n) is 10.1. The zero-order valence-corrected chi connectivity index (χ0v) is 17.4. The second kappa shape index (κ2) is 8.79. The second-order valence-electron chi connectivity index (χ2n) is 7.54. The summed E-state index contributed by atoms with van der Waals surface area (Å²) in [5, 5.41) is 10.1. The molecule has 0 radical (unpaired) electrons. The van der Waals surface area contributed by atoms with Crippen molar-refractivity contribution in [3.63, 3.8) is 0 Å². The van der Waals surface area contributed by atoms with Crippen LogP contribution >= 0.6 is 0 Å². The summed E-state index contributed by atoms with van der Waals surface area (Å²) in [5.74, 6) is -0.323. The zero-order chi connectivity index (χ0) is 21.8. The van der Waals surface area contributed by atoms with Crippen LogP contribution in [-0.4, -0.2) is 32.5 Å². The number of fused-ring (bicyclic) bond motifs is 1. The summed E-state index contributed by atoms with van der Waals surface area (Å²) in [6.45, 7) is 3.85. The van der Waals surface area contributed by atoms with Gasteiger partial charge in [-0.05, 0) is 37.6 Å². The molecule has 2 amide bonds.